The Kier molecular flexibility index (Phi) is 4.46. The van der Waals surface area contributed by atoms with Gasteiger partial charge in [-0.2, -0.15) is 0 Å². The number of halogens is 3. The number of hydrogen-bond acceptors (Lipinski definition) is 3. The van der Waals surface area contributed by atoms with Gasteiger partial charge in [-0.05, 0) is 25.1 Å². The fourth-order valence-corrected chi connectivity index (χ4v) is 2.29. The van der Waals surface area contributed by atoms with Crippen molar-refractivity contribution in [3.8, 4) is 0 Å². The molecule has 0 aromatic heterocycles. The Balaban J connectivity index is 2.33. The summed E-state index contributed by atoms with van der Waals surface area (Å²) in [5.41, 5.74) is 4.46. The number of nitrogens with zero attached hydrogens (tertiary/aromatic N) is 1. The maximum absolute atomic E-state index is 13.7. The van der Waals surface area contributed by atoms with Crippen LogP contribution in [0.15, 0.2) is 12.1 Å². The molecule has 0 radical (unpaired) electrons. The van der Waals surface area contributed by atoms with E-state index in [9.17, 15) is 22.8 Å². The van der Waals surface area contributed by atoms with Gasteiger partial charge >= 0.3 is 0 Å². The highest BCUT2D eigenvalue weighted by molar-refractivity contribution is 5.96. The smallest absolute Gasteiger partial charge is 0.257 e. The number of carbonyl (C=O) groups is 2. The van der Waals surface area contributed by atoms with Crippen molar-refractivity contribution in [3.63, 3.8) is 0 Å². The molecule has 21 heavy (non-hydrogen) atoms. The molecular formula is C13H14F3N3O2. The number of nitrogens with one attached hydrogen (secondary N) is 1. The summed E-state index contributed by atoms with van der Waals surface area (Å²) in [5.74, 6) is -6.32. The Morgan fingerprint density at radius 1 is 1.29 bits per heavy atom. The first kappa shape index (κ1) is 15.3. The summed E-state index contributed by atoms with van der Waals surface area (Å²) >= 11 is 0. The van der Waals surface area contributed by atoms with Crippen LogP contribution in [0, 0.1) is 17.5 Å². The Morgan fingerprint density at radius 3 is 2.57 bits per heavy atom. The van der Waals surface area contributed by atoms with E-state index >= 15 is 0 Å². The number of amides is 2. The molecule has 0 bridgehead atoms. The molecule has 1 unspecified atom stereocenters. The predicted octanol–water partition coefficient (Wildman–Crippen LogP) is 0.393. The molecule has 114 valence electrons. The Morgan fingerprint density at radius 2 is 2.00 bits per heavy atom. The fraction of sp³-hybridized carbons (Fsp3) is 0.385. The molecule has 1 fully saturated rings. The van der Waals surface area contributed by atoms with Crippen LogP contribution in [-0.4, -0.2) is 42.4 Å². The highest BCUT2D eigenvalue weighted by Gasteiger charge is 2.31. The van der Waals surface area contributed by atoms with Gasteiger partial charge in [-0.3, -0.25) is 9.59 Å². The van der Waals surface area contributed by atoms with Gasteiger partial charge in [-0.15, -0.1) is 0 Å². The first-order valence-corrected chi connectivity index (χ1v) is 6.35. The third kappa shape index (κ3) is 3.15. The van der Waals surface area contributed by atoms with E-state index < -0.39 is 41.4 Å². The summed E-state index contributed by atoms with van der Waals surface area (Å²) in [5, 5.41) is 2.99. The third-order valence-corrected chi connectivity index (χ3v) is 3.33. The topological polar surface area (TPSA) is 75.4 Å². The molecule has 1 aromatic rings. The van der Waals surface area contributed by atoms with Gasteiger partial charge < -0.3 is 16.0 Å². The number of hydrogen-bond donors (Lipinski definition) is 2. The number of nitrogens with two attached hydrogens (primary N) is 1. The summed E-state index contributed by atoms with van der Waals surface area (Å²) in [6.07, 6.45) is 0.560. The first-order chi connectivity index (χ1) is 9.91. The van der Waals surface area contributed by atoms with Crippen LogP contribution in [0.2, 0.25) is 0 Å². The standard InChI is InChI=1S/C13H14F3N3O2/c14-9-2-1-8(11(15)12(9)16)13(21)19(6-10(17)20)7-3-4-18-5-7/h1-2,7,18H,3-6H2,(H2,17,20). The van der Waals surface area contributed by atoms with E-state index in [2.05, 4.69) is 5.32 Å². The monoisotopic (exact) mass is 301 g/mol. The van der Waals surface area contributed by atoms with E-state index in [1.54, 1.807) is 0 Å². The fourth-order valence-electron chi connectivity index (χ4n) is 2.29. The van der Waals surface area contributed by atoms with Gasteiger partial charge in [-0.1, -0.05) is 0 Å². The second-order valence-electron chi connectivity index (χ2n) is 4.77. The van der Waals surface area contributed by atoms with Crippen LogP contribution in [0.25, 0.3) is 0 Å². The second kappa shape index (κ2) is 6.13. The molecule has 1 aromatic carbocycles. The van der Waals surface area contributed by atoms with Crippen LogP contribution in [0.4, 0.5) is 13.2 Å². The zero-order chi connectivity index (χ0) is 15.6. The van der Waals surface area contributed by atoms with Crippen molar-refractivity contribution in [2.45, 2.75) is 12.5 Å². The number of primary amides is 1. The first-order valence-electron chi connectivity index (χ1n) is 6.35. The molecule has 0 spiro atoms. The van der Waals surface area contributed by atoms with E-state index in [-0.39, 0.29) is 6.04 Å². The van der Waals surface area contributed by atoms with Crippen LogP contribution in [0.3, 0.4) is 0 Å². The Hall–Kier alpha value is -2.09. The second-order valence-corrected chi connectivity index (χ2v) is 4.77. The average Bonchev–Trinajstić information content (AvgIpc) is 2.95. The van der Waals surface area contributed by atoms with Gasteiger partial charge in [0.1, 0.15) is 0 Å². The molecule has 2 rings (SSSR count). The summed E-state index contributed by atoms with van der Waals surface area (Å²) in [6, 6.07) is 1.17. The van der Waals surface area contributed by atoms with Crippen LogP contribution >= 0.6 is 0 Å². The van der Waals surface area contributed by atoms with Crippen LogP contribution < -0.4 is 11.1 Å². The lowest BCUT2D eigenvalue weighted by atomic mass is 10.1. The van der Waals surface area contributed by atoms with Gasteiger partial charge in [0.05, 0.1) is 12.1 Å². The summed E-state index contributed by atoms with van der Waals surface area (Å²) in [7, 11) is 0. The lowest BCUT2D eigenvalue weighted by molar-refractivity contribution is -0.119. The minimum Gasteiger partial charge on any atom is -0.368 e. The van der Waals surface area contributed by atoms with Crippen molar-refractivity contribution in [1.29, 1.82) is 0 Å². The minimum absolute atomic E-state index is 0.350. The van der Waals surface area contributed by atoms with Crippen molar-refractivity contribution < 1.29 is 22.8 Å². The summed E-state index contributed by atoms with van der Waals surface area (Å²) in [6.45, 7) is 0.640. The van der Waals surface area contributed by atoms with Crippen molar-refractivity contribution >= 4 is 11.8 Å². The van der Waals surface area contributed by atoms with Gasteiger partial charge in [0.25, 0.3) is 5.91 Å². The average molecular weight is 301 g/mol. The molecule has 8 heteroatoms. The van der Waals surface area contributed by atoms with E-state index in [4.69, 9.17) is 5.73 Å². The van der Waals surface area contributed by atoms with Gasteiger partial charge in [0.15, 0.2) is 17.5 Å². The molecule has 0 saturated carbocycles. The van der Waals surface area contributed by atoms with Gasteiger partial charge in [-0.25, -0.2) is 13.2 Å². The molecule has 1 aliphatic rings. The molecule has 2 amide bonds. The zero-order valence-electron chi connectivity index (χ0n) is 11.0. The van der Waals surface area contributed by atoms with Crippen LogP contribution in [0.5, 0.6) is 0 Å². The van der Waals surface area contributed by atoms with E-state index in [1.807, 2.05) is 0 Å². The van der Waals surface area contributed by atoms with Crippen LogP contribution in [-0.2, 0) is 4.79 Å². The molecular weight excluding hydrogens is 287 g/mol. The minimum atomic E-state index is -1.72. The number of benzene rings is 1. The van der Waals surface area contributed by atoms with Gasteiger partial charge in [0.2, 0.25) is 5.91 Å². The molecule has 5 nitrogen and oxygen atoms in total. The molecule has 0 aliphatic carbocycles. The maximum atomic E-state index is 13.7. The number of carbonyl (C=O) groups excluding carboxylic acids is 2. The number of rotatable bonds is 4. The summed E-state index contributed by atoms with van der Waals surface area (Å²) in [4.78, 5) is 24.5. The predicted molar refractivity (Wildman–Crippen MR) is 67.8 cm³/mol. The molecule has 3 N–H and O–H groups in total. The highest BCUT2D eigenvalue weighted by Crippen LogP contribution is 2.19. The molecule has 1 aliphatic heterocycles. The van der Waals surface area contributed by atoms with E-state index in [0.29, 0.717) is 25.6 Å². The molecule has 1 heterocycles. The van der Waals surface area contributed by atoms with E-state index in [0.717, 1.165) is 11.0 Å². The van der Waals surface area contributed by atoms with Crippen molar-refractivity contribution in [2.24, 2.45) is 5.73 Å². The Labute approximate surface area is 118 Å². The van der Waals surface area contributed by atoms with Crippen LogP contribution in [0.1, 0.15) is 16.8 Å². The molecule has 1 atom stereocenters. The lowest BCUT2D eigenvalue weighted by Crippen LogP contribution is -2.46. The Bertz CT molecular complexity index is 574. The largest absolute Gasteiger partial charge is 0.368 e. The van der Waals surface area contributed by atoms with Crippen molar-refractivity contribution in [1.82, 2.24) is 10.2 Å². The van der Waals surface area contributed by atoms with Crippen molar-refractivity contribution in [2.75, 3.05) is 19.6 Å². The third-order valence-electron chi connectivity index (χ3n) is 3.33. The van der Waals surface area contributed by atoms with Crippen molar-refractivity contribution in [3.05, 3.63) is 35.1 Å². The summed E-state index contributed by atoms with van der Waals surface area (Å²) < 4.78 is 39.8. The molecule has 1 saturated heterocycles. The highest BCUT2D eigenvalue weighted by atomic mass is 19.2. The quantitative estimate of drug-likeness (QED) is 0.790. The maximum Gasteiger partial charge on any atom is 0.257 e. The van der Waals surface area contributed by atoms with Gasteiger partial charge in [0, 0.05) is 12.6 Å². The van der Waals surface area contributed by atoms with E-state index in [1.165, 1.54) is 0 Å². The normalized spacial score (nSPS) is 17.8. The lowest BCUT2D eigenvalue weighted by Gasteiger charge is -2.27. The zero-order valence-corrected chi connectivity index (χ0v) is 11.0. The SMILES string of the molecule is NC(=O)CN(C(=O)c1ccc(F)c(F)c1F)C1CCNC1.